The van der Waals surface area contributed by atoms with E-state index in [1.165, 1.54) is 0 Å². The van der Waals surface area contributed by atoms with Crippen LogP contribution in [0.4, 0.5) is 0 Å². The normalized spacial score (nSPS) is 10.2. The van der Waals surface area contributed by atoms with Crippen molar-refractivity contribution in [1.29, 1.82) is 5.26 Å². The van der Waals surface area contributed by atoms with E-state index >= 15 is 0 Å². The van der Waals surface area contributed by atoms with E-state index in [0.29, 0.717) is 48.2 Å². The summed E-state index contributed by atoms with van der Waals surface area (Å²) in [4.78, 5) is 0. The van der Waals surface area contributed by atoms with Crippen LogP contribution in [0.5, 0.6) is 17.2 Å². The van der Waals surface area contributed by atoms with Gasteiger partial charge in [-0.1, -0.05) is 97.6 Å². The summed E-state index contributed by atoms with van der Waals surface area (Å²) in [6, 6.07) is 35.4. The Morgan fingerprint density at radius 2 is 0.971 bits per heavy atom. The summed E-state index contributed by atoms with van der Waals surface area (Å²) in [5, 5.41) is 9.54. The molecule has 0 amide bonds. The van der Waals surface area contributed by atoms with Crippen LogP contribution in [0.3, 0.4) is 0 Å². The minimum atomic E-state index is 0.294. The molecule has 0 fully saturated rings. The molecule has 4 nitrogen and oxygen atoms in total. The average Bonchev–Trinajstić information content (AvgIpc) is 2.91. The molecule has 0 radical (unpaired) electrons. The lowest BCUT2D eigenvalue weighted by Crippen LogP contribution is -2.04. The second-order valence-electron chi connectivity index (χ2n) is 7.71. The molecular formula is C30H25NO3. The molecule has 0 saturated heterocycles. The van der Waals surface area contributed by atoms with Gasteiger partial charge in [-0.25, -0.2) is 0 Å². The number of hydrogen-bond donors (Lipinski definition) is 0. The van der Waals surface area contributed by atoms with Crippen LogP contribution in [-0.2, 0) is 19.8 Å². The Kier molecular flexibility index (Phi) is 7.61. The van der Waals surface area contributed by atoms with Crippen molar-refractivity contribution < 1.29 is 14.2 Å². The van der Waals surface area contributed by atoms with Gasteiger partial charge in [0.25, 0.3) is 0 Å². The molecule has 0 bridgehead atoms. The zero-order valence-electron chi connectivity index (χ0n) is 18.8. The molecule has 0 spiro atoms. The van der Waals surface area contributed by atoms with Gasteiger partial charge < -0.3 is 14.2 Å². The van der Waals surface area contributed by atoms with Crippen LogP contribution in [0.1, 0.15) is 22.3 Å². The van der Waals surface area contributed by atoms with Crippen LogP contribution < -0.4 is 14.2 Å². The van der Waals surface area contributed by atoms with Gasteiger partial charge in [-0.2, -0.15) is 5.26 Å². The second kappa shape index (κ2) is 11.4. The van der Waals surface area contributed by atoms with Crippen LogP contribution in [0.2, 0.25) is 0 Å². The van der Waals surface area contributed by atoms with Gasteiger partial charge in [-0.05, 0) is 22.8 Å². The predicted octanol–water partition coefficient (Wildman–Crippen LogP) is 6.96. The van der Waals surface area contributed by atoms with E-state index in [1.807, 2.05) is 91.0 Å². The summed E-state index contributed by atoms with van der Waals surface area (Å²) in [5.41, 5.74) is 3.96. The molecule has 34 heavy (non-hydrogen) atoms. The van der Waals surface area contributed by atoms with Crippen LogP contribution in [0, 0.1) is 11.3 Å². The number of nitriles is 1. The number of allylic oxidation sites excluding steroid dienone is 1. The van der Waals surface area contributed by atoms with Crippen molar-refractivity contribution in [2.24, 2.45) is 0 Å². The van der Waals surface area contributed by atoms with Crippen molar-refractivity contribution in [3.63, 3.8) is 0 Å². The van der Waals surface area contributed by atoms with Gasteiger partial charge in [-0.15, -0.1) is 0 Å². The van der Waals surface area contributed by atoms with Gasteiger partial charge in [0.2, 0.25) is 0 Å². The molecule has 4 aromatic carbocycles. The maximum atomic E-state index is 9.54. The Morgan fingerprint density at radius 1 is 0.588 bits per heavy atom. The first kappa shape index (κ1) is 22.7. The van der Waals surface area contributed by atoms with Crippen molar-refractivity contribution in [1.82, 2.24) is 0 Å². The smallest absolute Gasteiger partial charge is 0.165 e. The summed E-state index contributed by atoms with van der Waals surface area (Å²) in [6.07, 6.45) is 0. The third-order valence-electron chi connectivity index (χ3n) is 5.22. The highest BCUT2D eigenvalue weighted by atomic mass is 16.5. The topological polar surface area (TPSA) is 51.5 Å². The first-order valence-corrected chi connectivity index (χ1v) is 11.0. The Balaban J connectivity index is 1.64. The van der Waals surface area contributed by atoms with E-state index in [4.69, 9.17) is 14.2 Å². The third-order valence-corrected chi connectivity index (χ3v) is 5.22. The monoisotopic (exact) mass is 447 g/mol. The van der Waals surface area contributed by atoms with E-state index in [1.54, 1.807) is 12.1 Å². The van der Waals surface area contributed by atoms with E-state index in [9.17, 15) is 5.26 Å². The Morgan fingerprint density at radius 3 is 1.38 bits per heavy atom. The zero-order chi connectivity index (χ0) is 23.6. The molecule has 4 aromatic rings. The summed E-state index contributed by atoms with van der Waals surface area (Å²) in [5.74, 6) is 1.58. The van der Waals surface area contributed by atoms with Crippen molar-refractivity contribution in [2.75, 3.05) is 0 Å². The average molecular weight is 448 g/mol. The van der Waals surface area contributed by atoms with Crippen molar-refractivity contribution in [3.05, 3.63) is 132 Å². The molecule has 4 rings (SSSR count). The molecular weight excluding hydrogens is 422 g/mol. The number of benzene rings is 4. The molecule has 0 aliphatic carbocycles. The summed E-state index contributed by atoms with van der Waals surface area (Å²) < 4.78 is 18.4. The highest BCUT2D eigenvalue weighted by Crippen LogP contribution is 2.39. The lowest BCUT2D eigenvalue weighted by atomic mass is 10.1. The zero-order valence-corrected chi connectivity index (χ0v) is 18.8. The number of nitrogens with zero attached hydrogens (tertiary/aromatic N) is 1. The fraction of sp³-hybridized carbons (Fsp3) is 0.100. The Hall–Kier alpha value is -4.49. The molecule has 0 unspecified atom stereocenters. The van der Waals surface area contributed by atoms with Gasteiger partial charge >= 0.3 is 0 Å². The highest BCUT2D eigenvalue weighted by Gasteiger charge is 2.17. The fourth-order valence-electron chi connectivity index (χ4n) is 3.39. The predicted molar refractivity (Wildman–Crippen MR) is 133 cm³/mol. The SMILES string of the molecule is C=C(C#N)c1cc(OCc2ccccc2)c(OCc2ccccc2)cc1OCc1ccccc1. The van der Waals surface area contributed by atoms with Crippen LogP contribution >= 0.6 is 0 Å². The van der Waals surface area contributed by atoms with Gasteiger partial charge in [0, 0.05) is 11.6 Å². The van der Waals surface area contributed by atoms with E-state index in [0.717, 1.165) is 16.7 Å². The maximum absolute atomic E-state index is 9.54. The molecule has 0 heterocycles. The molecule has 0 aromatic heterocycles. The molecule has 0 atom stereocenters. The standard InChI is InChI=1S/C30H25NO3/c1-23(19-31)27-17-29(33-21-25-13-7-3-8-14-25)30(34-22-26-15-9-4-10-16-26)18-28(27)32-20-24-11-5-2-6-12-24/h2-18H,1,20-22H2. The van der Waals surface area contributed by atoms with Crippen molar-refractivity contribution in [3.8, 4) is 23.3 Å². The Labute approximate surface area is 200 Å². The van der Waals surface area contributed by atoms with E-state index in [2.05, 4.69) is 12.6 Å². The van der Waals surface area contributed by atoms with Gasteiger partial charge in [0.05, 0.1) is 11.6 Å². The first-order valence-electron chi connectivity index (χ1n) is 11.0. The fourth-order valence-corrected chi connectivity index (χ4v) is 3.39. The molecule has 168 valence electrons. The molecule has 0 saturated carbocycles. The van der Waals surface area contributed by atoms with Crippen LogP contribution in [0.25, 0.3) is 5.57 Å². The summed E-state index contributed by atoms with van der Waals surface area (Å²) in [7, 11) is 0. The van der Waals surface area contributed by atoms with Crippen molar-refractivity contribution in [2.45, 2.75) is 19.8 Å². The minimum absolute atomic E-state index is 0.294. The lowest BCUT2D eigenvalue weighted by molar-refractivity contribution is 0.251. The lowest BCUT2D eigenvalue weighted by Gasteiger charge is -2.18. The molecule has 0 aliphatic rings. The second-order valence-corrected chi connectivity index (χ2v) is 7.71. The molecule has 0 N–H and O–H groups in total. The van der Waals surface area contributed by atoms with Gasteiger partial charge in [-0.3, -0.25) is 0 Å². The number of rotatable bonds is 10. The minimum Gasteiger partial charge on any atom is -0.488 e. The maximum Gasteiger partial charge on any atom is 0.165 e. The highest BCUT2D eigenvalue weighted by molar-refractivity contribution is 5.80. The van der Waals surface area contributed by atoms with Crippen LogP contribution in [-0.4, -0.2) is 0 Å². The molecule has 4 heteroatoms. The van der Waals surface area contributed by atoms with Crippen LogP contribution in [0.15, 0.2) is 110 Å². The number of hydrogen-bond acceptors (Lipinski definition) is 4. The Bertz CT molecular complexity index is 1260. The van der Waals surface area contributed by atoms with Gasteiger partial charge in [0.1, 0.15) is 25.6 Å². The third kappa shape index (κ3) is 6.05. The summed E-state index contributed by atoms with van der Waals surface area (Å²) in [6.45, 7) is 5.00. The summed E-state index contributed by atoms with van der Waals surface area (Å²) >= 11 is 0. The number of ether oxygens (including phenoxy) is 3. The molecule has 0 aliphatic heterocycles. The largest absolute Gasteiger partial charge is 0.488 e. The first-order chi connectivity index (χ1) is 16.7. The van der Waals surface area contributed by atoms with Gasteiger partial charge in [0.15, 0.2) is 11.5 Å². The quantitative estimate of drug-likeness (QED) is 0.247. The van der Waals surface area contributed by atoms with E-state index in [-0.39, 0.29) is 0 Å². The van der Waals surface area contributed by atoms with E-state index < -0.39 is 0 Å². The van der Waals surface area contributed by atoms with Crippen molar-refractivity contribution >= 4 is 5.57 Å².